The standard InChI is InChI=1S/C28H27ClN2O2/c1-5-30(17-21-10-7-6-8-11-21)26-25(22-15-14-18(2)19(3)16-22)27(32)31(28(26)33)24-13-9-12-23(29)20(24)4/h6-16H,5,17H2,1-4H3. The highest BCUT2D eigenvalue weighted by Gasteiger charge is 2.42. The number of hydrogen-bond donors (Lipinski definition) is 0. The van der Waals surface area contributed by atoms with E-state index >= 15 is 0 Å². The molecule has 0 fully saturated rings. The van der Waals surface area contributed by atoms with Crippen molar-refractivity contribution in [2.75, 3.05) is 11.4 Å². The summed E-state index contributed by atoms with van der Waals surface area (Å²) in [4.78, 5) is 31.0. The van der Waals surface area contributed by atoms with E-state index in [1.165, 1.54) is 4.90 Å². The zero-order valence-electron chi connectivity index (χ0n) is 19.4. The van der Waals surface area contributed by atoms with E-state index in [2.05, 4.69) is 0 Å². The molecule has 0 spiro atoms. The van der Waals surface area contributed by atoms with Crippen LogP contribution in [0, 0.1) is 20.8 Å². The second kappa shape index (κ2) is 9.24. The van der Waals surface area contributed by atoms with E-state index in [4.69, 9.17) is 11.6 Å². The molecule has 168 valence electrons. The van der Waals surface area contributed by atoms with Crippen molar-refractivity contribution in [3.63, 3.8) is 0 Å². The van der Waals surface area contributed by atoms with Crippen LogP contribution in [0.25, 0.3) is 5.57 Å². The number of carbonyl (C=O) groups excluding carboxylic acids is 2. The molecular formula is C28H27ClN2O2. The first kappa shape index (κ1) is 22.8. The van der Waals surface area contributed by atoms with E-state index in [0.29, 0.717) is 40.6 Å². The monoisotopic (exact) mass is 458 g/mol. The van der Waals surface area contributed by atoms with Crippen LogP contribution in [0.1, 0.15) is 34.7 Å². The van der Waals surface area contributed by atoms with E-state index in [1.807, 2.05) is 81.1 Å². The number of nitrogens with zero attached hydrogens (tertiary/aromatic N) is 2. The lowest BCUT2D eigenvalue weighted by molar-refractivity contribution is -0.120. The first-order chi connectivity index (χ1) is 15.8. The Morgan fingerprint density at radius 3 is 2.24 bits per heavy atom. The lowest BCUT2D eigenvalue weighted by Gasteiger charge is -2.25. The molecule has 0 radical (unpaired) electrons. The zero-order valence-corrected chi connectivity index (χ0v) is 20.1. The average Bonchev–Trinajstić information content (AvgIpc) is 3.06. The van der Waals surface area contributed by atoms with Crippen LogP contribution in [0.5, 0.6) is 0 Å². The summed E-state index contributed by atoms with van der Waals surface area (Å²) in [6.07, 6.45) is 0. The zero-order chi connectivity index (χ0) is 23.7. The summed E-state index contributed by atoms with van der Waals surface area (Å²) in [5.41, 5.74) is 6.11. The molecule has 0 saturated carbocycles. The van der Waals surface area contributed by atoms with Gasteiger partial charge in [-0.3, -0.25) is 9.59 Å². The van der Waals surface area contributed by atoms with Crippen LogP contribution in [0.15, 0.2) is 72.4 Å². The number of aryl methyl sites for hydroxylation is 2. The Morgan fingerprint density at radius 2 is 1.58 bits per heavy atom. The molecule has 4 rings (SSSR count). The van der Waals surface area contributed by atoms with Crippen LogP contribution in [-0.2, 0) is 16.1 Å². The van der Waals surface area contributed by atoms with Crippen molar-refractivity contribution in [3.05, 3.63) is 105 Å². The van der Waals surface area contributed by atoms with Crippen molar-refractivity contribution < 1.29 is 9.59 Å². The van der Waals surface area contributed by atoms with Crippen LogP contribution in [0.4, 0.5) is 5.69 Å². The van der Waals surface area contributed by atoms with Gasteiger partial charge < -0.3 is 4.90 Å². The first-order valence-electron chi connectivity index (χ1n) is 11.1. The Hall–Kier alpha value is -3.37. The summed E-state index contributed by atoms with van der Waals surface area (Å²) in [6, 6.07) is 21.2. The van der Waals surface area contributed by atoms with Crippen molar-refractivity contribution in [2.45, 2.75) is 34.2 Å². The Kier molecular flexibility index (Phi) is 6.39. The van der Waals surface area contributed by atoms with Crippen LogP contribution in [-0.4, -0.2) is 23.3 Å². The molecule has 0 bridgehead atoms. The third kappa shape index (κ3) is 4.19. The summed E-state index contributed by atoms with van der Waals surface area (Å²) in [6.45, 7) is 8.99. The molecule has 0 unspecified atom stereocenters. The van der Waals surface area contributed by atoms with Crippen LogP contribution in [0.3, 0.4) is 0 Å². The number of carbonyl (C=O) groups is 2. The fourth-order valence-corrected chi connectivity index (χ4v) is 4.35. The van der Waals surface area contributed by atoms with Crippen molar-refractivity contribution in [1.29, 1.82) is 0 Å². The molecule has 3 aromatic rings. The van der Waals surface area contributed by atoms with E-state index in [9.17, 15) is 9.59 Å². The molecule has 1 aliphatic heterocycles. The number of hydrogen-bond acceptors (Lipinski definition) is 3. The number of halogens is 1. The molecule has 0 atom stereocenters. The SMILES string of the molecule is CCN(Cc1ccccc1)C1=C(c2ccc(C)c(C)c2)C(=O)N(c2cccc(Cl)c2C)C1=O. The fraction of sp³-hybridized carbons (Fsp3) is 0.214. The third-order valence-corrected chi connectivity index (χ3v) is 6.66. The van der Waals surface area contributed by atoms with Gasteiger partial charge in [0.25, 0.3) is 11.8 Å². The second-order valence-corrected chi connectivity index (χ2v) is 8.76. The van der Waals surface area contributed by atoms with E-state index in [0.717, 1.165) is 22.3 Å². The fourth-order valence-electron chi connectivity index (χ4n) is 4.18. The van der Waals surface area contributed by atoms with Gasteiger partial charge in [-0.05, 0) is 67.6 Å². The maximum atomic E-state index is 13.9. The number of imide groups is 1. The largest absolute Gasteiger partial charge is 0.362 e. The quantitative estimate of drug-likeness (QED) is 0.421. The van der Waals surface area contributed by atoms with Crippen LogP contribution in [0.2, 0.25) is 5.02 Å². The predicted octanol–water partition coefficient (Wildman–Crippen LogP) is 6.07. The molecule has 33 heavy (non-hydrogen) atoms. The van der Waals surface area contributed by atoms with Crippen molar-refractivity contribution in [3.8, 4) is 0 Å². The molecule has 5 heteroatoms. The summed E-state index contributed by atoms with van der Waals surface area (Å²) in [5.74, 6) is -0.647. The Morgan fingerprint density at radius 1 is 0.848 bits per heavy atom. The van der Waals surface area contributed by atoms with Crippen molar-refractivity contribution >= 4 is 34.7 Å². The number of likely N-dealkylation sites (N-methyl/N-ethyl adjacent to an activating group) is 1. The van der Waals surface area contributed by atoms with Crippen LogP contribution < -0.4 is 4.90 Å². The maximum absolute atomic E-state index is 13.9. The van der Waals surface area contributed by atoms with Gasteiger partial charge in [-0.25, -0.2) is 4.90 Å². The third-order valence-electron chi connectivity index (χ3n) is 6.25. The van der Waals surface area contributed by atoms with Crippen molar-refractivity contribution in [1.82, 2.24) is 4.90 Å². The lowest BCUT2D eigenvalue weighted by Crippen LogP contribution is -2.35. The van der Waals surface area contributed by atoms with E-state index < -0.39 is 0 Å². The molecule has 1 heterocycles. The normalized spacial score (nSPS) is 13.8. The highest BCUT2D eigenvalue weighted by Crippen LogP contribution is 2.38. The van der Waals surface area contributed by atoms with Gasteiger partial charge in [-0.1, -0.05) is 66.2 Å². The van der Waals surface area contributed by atoms with Crippen molar-refractivity contribution in [2.24, 2.45) is 0 Å². The number of amides is 2. The minimum Gasteiger partial charge on any atom is -0.362 e. The average molecular weight is 459 g/mol. The lowest BCUT2D eigenvalue weighted by atomic mass is 9.99. The smallest absolute Gasteiger partial charge is 0.282 e. The van der Waals surface area contributed by atoms with Gasteiger partial charge in [0.15, 0.2) is 0 Å². The highest BCUT2D eigenvalue weighted by molar-refractivity contribution is 6.46. The summed E-state index contributed by atoms with van der Waals surface area (Å²) in [5, 5.41) is 0.519. The molecule has 3 aromatic carbocycles. The summed E-state index contributed by atoms with van der Waals surface area (Å²) in [7, 11) is 0. The minimum absolute atomic E-state index is 0.323. The van der Waals surface area contributed by atoms with Gasteiger partial charge in [-0.2, -0.15) is 0 Å². The molecule has 4 nitrogen and oxygen atoms in total. The molecule has 0 N–H and O–H groups in total. The molecule has 0 aromatic heterocycles. The van der Waals surface area contributed by atoms with Gasteiger partial charge >= 0.3 is 0 Å². The van der Waals surface area contributed by atoms with E-state index in [-0.39, 0.29) is 11.8 Å². The Balaban J connectivity index is 1.88. The van der Waals surface area contributed by atoms with Gasteiger partial charge in [0.05, 0.1) is 11.3 Å². The van der Waals surface area contributed by atoms with Gasteiger partial charge in [0, 0.05) is 18.1 Å². The molecule has 0 aliphatic carbocycles. The first-order valence-corrected chi connectivity index (χ1v) is 11.5. The van der Waals surface area contributed by atoms with Gasteiger partial charge in [0.2, 0.25) is 0 Å². The predicted molar refractivity (Wildman–Crippen MR) is 134 cm³/mol. The van der Waals surface area contributed by atoms with Gasteiger partial charge in [-0.15, -0.1) is 0 Å². The molecule has 1 aliphatic rings. The summed E-state index contributed by atoms with van der Waals surface area (Å²) < 4.78 is 0. The number of benzene rings is 3. The van der Waals surface area contributed by atoms with Gasteiger partial charge in [0.1, 0.15) is 5.70 Å². The second-order valence-electron chi connectivity index (χ2n) is 8.35. The Labute approximate surface area is 200 Å². The molecular weight excluding hydrogens is 432 g/mol. The maximum Gasteiger partial charge on any atom is 0.282 e. The Bertz CT molecular complexity index is 1260. The number of anilines is 1. The highest BCUT2D eigenvalue weighted by atomic mass is 35.5. The molecule has 2 amide bonds. The summed E-state index contributed by atoms with van der Waals surface area (Å²) >= 11 is 6.34. The minimum atomic E-state index is -0.324. The topological polar surface area (TPSA) is 40.6 Å². The number of rotatable bonds is 6. The van der Waals surface area contributed by atoms with E-state index in [1.54, 1.807) is 18.2 Å². The molecule has 0 saturated heterocycles. The van der Waals surface area contributed by atoms with Crippen LogP contribution >= 0.6 is 11.6 Å².